The van der Waals surface area contributed by atoms with Gasteiger partial charge in [0.25, 0.3) is 0 Å². The molecule has 0 spiro atoms. The highest BCUT2D eigenvalue weighted by Crippen LogP contribution is 2.21. The molecule has 2 heterocycles. The molecule has 2 rings (SSSR count). The van der Waals surface area contributed by atoms with Gasteiger partial charge >= 0.3 is 0 Å². The summed E-state index contributed by atoms with van der Waals surface area (Å²) in [6, 6.07) is 4.64. The first-order valence-corrected chi connectivity index (χ1v) is 7.20. The van der Waals surface area contributed by atoms with Crippen LogP contribution in [0, 0.1) is 0 Å². The van der Waals surface area contributed by atoms with Crippen molar-refractivity contribution in [2.24, 2.45) is 0 Å². The molecule has 1 aromatic heterocycles. The molecule has 0 bridgehead atoms. The van der Waals surface area contributed by atoms with E-state index in [9.17, 15) is 5.11 Å². The van der Waals surface area contributed by atoms with Crippen LogP contribution in [0.3, 0.4) is 0 Å². The number of aliphatic hydroxyl groups excluding tert-OH is 1. The van der Waals surface area contributed by atoms with Crippen molar-refractivity contribution < 1.29 is 5.11 Å². The van der Waals surface area contributed by atoms with E-state index in [0.29, 0.717) is 6.04 Å². The zero-order valence-corrected chi connectivity index (χ0v) is 12.0. The molecular weight excluding hydrogens is 238 g/mol. The fourth-order valence-electron chi connectivity index (χ4n) is 2.59. The second kappa shape index (κ2) is 6.35. The lowest BCUT2D eigenvalue weighted by atomic mass is 9.95. The molecular formula is C15H25N3O. The zero-order valence-electron chi connectivity index (χ0n) is 12.0. The first-order chi connectivity index (χ1) is 9.17. The Labute approximate surface area is 115 Å². The summed E-state index contributed by atoms with van der Waals surface area (Å²) in [5, 5.41) is 13.1. The summed E-state index contributed by atoms with van der Waals surface area (Å²) in [6.45, 7) is 6.55. The first kappa shape index (κ1) is 14.3. The number of pyridine rings is 1. The molecule has 1 saturated heterocycles. The van der Waals surface area contributed by atoms with Gasteiger partial charge in [-0.1, -0.05) is 6.92 Å². The Bertz CT molecular complexity index is 370. The number of hydrogen-bond donors (Lipinski definition) is 2. The van der Waals surface area contributed by atoms with E-state index in [1.165, 1.54) is 5.69 Å². The van der Waals surface area contributed by atoms with Gasteiger partial charge < -0.3 is 15.3 Å². The quantitative estimate of drug-likeness (QED) is 0.850. The molecule has 106 valence electrons. The summed E-state index contributed by atoms with van der Waals surface area (Å²) in [6.07, 6.45) is 6.89. The lowest BCUT2D eigenvalue weighted by Crippen LogP contribution is -2.53. The fourth-order valence-corrected chi connectivity index (χ4v) is 2.59. The number of aromatic nitrogens is 1. The van der Waals surface area contributed by atoms with Crippen molar-refractivity contribution >= 4 is 5.69 Å². The van der Waals surface area contributed by atoms with Gasteiger partial charge in [0.1, 0.15) is 0 Å². The van der Waals surface area contributed by atoms with Gasteiger partial charge in [-0.3, -0.25) is 4.98 Å². The van der Waals surface area contributed by atoms with E-state index in [1.54, 1.807) is 0 Å². The highest BCUT2D eigenvalue weighted by molar-refractivity contribution is 5.44. The zero-order chi connectivity index (χ0) is 13.7. The predicted octanol–water partition coefficient (Wildman–Crippen LogP) is 1.80. The molecule has 2 N–H and O–H groups in total. The van der Waals surface area contributed by atoms with Gasteiger partial charge in [-0.25, -0.2) is 0 Å². The van der Waals surface area contributed by atoms with E-state index >= 15 is 0 Å². The third-order valence-electron chi connectivity index (χ3n) is 4.20. The maximum absolute atomic E-state index is 9.47. The van der Waals surface area contributed by atoms with Gasteiger partial charge in [0.2, 0.25) is 0 Å². The summed E-state index contributed by atoms with van der Waals surface area (Å²) < 4.78 is 0. The number of rotatable bonds is 5. The Hall–Kier alpha value is -1.13. The lowest BCUT2D eigenvalue weighted by molar-refractivity contribution is 0.150. The first-order valence-electron chi connectivity index (χ1n) is 7.20. The number of piperidine rings is 1. The average Bonchev–Trinajstić information content (AvgIpc) is 2.49. The maximum Gasteiger partial charge on any atom is 0.0610 e. The summed E-state index contributed by atoms with van der Waals surface area (Å²) in [4.78, 5) is 6.46. The fraction of sp³-hybridized carbons (Fsp3) is 0.667. The molecule has 0 aromatic carbocycles. The topological polar surface area (TPSA) is 48.4 Å². The molecule has 1 unspecified atom stereocenters. The monoisotopic (exact) mass is 263 g/mol. The highest BCUT2D eigenvalue weighted by atomic mass is 16.3. The third kappa shape index (κ3) is 3.67. The molecule has 4 nitrogen and oxygen atoms in total. The summed E-state index contributed by atoms with van der Waals surface area (Å²) in [5.41, 5.74) is 1.12. The molecule has 19 heavy (non-hydrogen) atoms. The number of aliphatic hydroxyl groups is 1. The minimum absolute atomic E-state index is 0.135. The molecule has 0 radical (unpaired) electrons. The van der Waals surface area contributed by atoms with Gasteiger partial charge in [-0.2, -0.15) is 0 Å². The molecule has 1 fully saturated rings. The van der Waals surface area contributed by atoms with Gasteiger partial charge in [0.05, 0.1) is 6.61 Å². The standard InChI is InChI=1S/C15H25N3O/c1-3-15(2,12-19)17-13-6-10-18(11-7-13)14-4-8-16-9-5-14/h4-5,8-9,13,17,19H,3,6-7,10-12H2,1-2H3. The second-order valence-corrected chi connectivity index (χ2v) is 5.68. The van der Waals surface area contributed by atoms with Crippen LogP contribution >= 0.6 is 0 Å². The molecule has 0 aliphatic carbocycles. The van der Waals surface area contributed by atoms with Crippen LogP contribution in [-0.4, -0.2) is 41.4 Å². The largest absolute Gasteiger partial charge is 0.394 e. The summed E-state index contributed by atoms with van der Waals surface area (Å²) in [5.74, 6) is 0. The van der Waals surface area contributed by atoms with E-state index in [0.717, 1.165) is 32.4 Å². The molecule has 0 amide bonds. The van der Waals surface area contributed by atoms with Gasteiger partial charge in [-0.15, -0.1) is 0 Å². The lowest BCUT2D eigenvalue weighted by Gasteiger charge is -2.39. The van der Waals surface area contributed by atoms with Gasteiger partial charge in [0.15, 0.2) is 0 Å². The predicted molar refractivity (Wildman–Crippen MR) is 78.4 cm³/mol. The van der Waals surface area contributed by atoms with E-state index in [4.69, 9.17) is 0 Å². The van der Waals surface area contributed by atoms with Crippen molar-refractivity contribution in [1.82, 2.24) is 10.3 Å². The summed E-state index contributed by atoms with van der Waals surface area (Å²) >= 11 is 0. The van der Waals surface area contributed by atoms with Crippen LogP contribution < -0.4 is 10.2 Å². The van der Waals surface area contributed by atoms with Crippen LogP contribution in [0.5, 0.6) is 0 Å². The Morgan fingerprint density at radius 3 is 2.53 bits per heavy atom. The van der Waals surface area contributed by atoms with Crippen LogP contribution in [0.4, 0.5) is 5.69 Å². The third-order valence-corrected chi connectivity index (χ3v) is 4.20. The number of hydrogen-bond acceptors (Lipinski definition) is 4. The Balaban J connectivity index is 1.86. The molecule has 1 aliphatic heterocycles. The van der Waals surface area contributed by atoms with Crippen molar-refractivity contribution in [2.75, 3.05) is 24.6 Å². The number of nitrogens with one attached hydrogen (secondary N) is 1. The Morgan fingerprint density at radius 1 is 1.37 bits per heavy atom. The minimum Gasteiger partial charge on any atom is -0.394 e. The van der Waals surface area contributed by atoms with E-state index in [1.807, 2.05) is 12.4 Å². The van der Waals surface area contributed by atoms with Crippen LogP contribution in [0.2, 0.25) is 0 Å². The smallest absolute Gasteiger partial charge is 0.0610 e. The Morgan fingerprint density at radius 2 is 2.00 bits per heavy atom. The van der Waals surface area contributed by atoms with Crippen LogP contribution in [0.15, 0.2) is 24.5 Å². The maximum atomic E-state index is 9.47. The van der Waals surface area contributed by atoms with Crippen LogP contribution in [0.25, 0.3) is 0 Å². The van der Waals surface area contributed by atoms with E-state index in [-0.39, 0.29) is 12.1 Å². The van der Waals surface area contributed by atoms with Gasteiger partial charge in [-0.05, 0) is 38.3 Å². The minimum atomic E-state index is -0.135. The Kier molecular flexibility index (Phi) is 4.77. The van der Waals surface area contributed by atoms with Crippen molar-refractivity contribution in [2.45, 2.75) is 44.7 Å². The number of anilines is 1. The van der Waals surface area contributed by atoms with Crippen LogP contribution in [0.1, 0.15) is 33.1 Å². The van der Waals surface area contributed by atoms with E-state index in [2.05, 4.69) is 41.2 Å². The highest BCUT2D eigenvalue weighted by Gasteiger charge is 2.27. The van der Waals surface area contributed by atoms with Crippen molar-refractivity contribution in [3.05, 3.63) is 24.5 Å². The van der Waals surface area contributed by atoms with E-state index < -0.39 is 0 Å². The van der Waals surface area contributed by atoms with Crippen molar-refractivity contribution in [1.29, 1.82) is 0 Å². The summed E-state index contributed by atoms with van der Waals surface area (Å²) in [7, 11) is 0. The SMILES string of the molecule is CCC(C)(CO)NC1CCN(c2ccncc2)CC1. The molecule has 1 aliphatic rings. The average molecular weight is 263 g/mol. The van der Waals surface area contributed by atoms with Crippen molar-refractivity contribution in [3.63, 3.8) is 0 Å². The molecule has 1 atom stereocenters. The molecule has 1 aromatic rings. The molecule has 0 saturated carbocycles. The van der Waals surface area contributed by atoms with Gasteiger partial charge in [0, 0.05) is 42.8 Å². The second-order valence-electron chi connectivity index (χ2n) is 5.68. The van der Waals surface area contributed by atoms with Crippen LogP contribution in [-0.2, 0) is 0 Å². The molecule has 4 heteroatoms. The van der Waals surface area contributed by atoms with Crippen molar-refractivity contribution in [3.8, 4) is 0 Å². The number of nitrogens with zero attached hydrogens (tertiary/aromatic N) is 2. The normalized spacial score (nSPS) is 20.3.